The van der Waals surface area contributed by atoms with Crippen molar-refractivity contribution in [3.63, 3.8) is 0 Å². The van der Waals surface area contributed by atoms with Gasteiger partial charge in [-0.2, -0.15) is 5.10 Å². The van der Waals surface area contributed by atoms with Crippen LogP contribution in [0.5, 0.6) is 5.75 Å². The molecule has 2 heterocycles. The highest BCUT2D eigenvalue weighted by Crippen LogP contribution is 2.33. The molecule has 0 fully saturated rings. The molecule has 0 atom stereocenters. The molecule has 1 N–H and O–H groups in total. The number of rotatable bonds is 8. The molecule has 2 aromatic heterocycles. The first-order chi connectivity index (χ1) is 16.0. The van der Waals surface area contributed by atoms with Crippen LogP contribution < -0.4 is 10.1 Å². The third-order valence-electron chi connectivity index (χ3n) is 4.89. The Kier molecular flexibility index (Phi) is 6.74. The predicted octanol–water partition coefficient (Wildman–Crippen LogP) is 4.24. The molecule has 1 amide bonds. The van der Waals surface area contributed by atoms with E-state index in [2.05, 4.69) is 20.6 Å². The number of nitrogens with zero attached hydrogens (tertiary/aromatic N) is 5. The molecule has 0 spiro atoms. The number of halogens is 1. The Labute approximate surface area is 194 Å². The van der Waals surface area contributed by atoms with Crippen LogP contribution in [0.1, 0.15) is 6.92 Å². The van der Waals surface area contributed by atoms with Crippen molar-refractivity contribution in [3.05, 3.63) is 60.5 Å². The molecule has 0 unspecified atom stereocenters. The standard InChI is InChI=1S/C23H23FN6O2S/c1-4-30-22(19-13-29(2)28-21(19)15-7-5-10-18(11-15)32-3)26-27-23(30)33-14-20(31)25-17-9-6-8-16(24)12-17/h5-13H,4,14H2,1-3H3,(H,25,31). The van der Waals surface area contributed by atoms with Crippen molar-refractivity contribution in [1.82, 2.24) is 24.5 Å². The van der Waals surface area contributed by atoms with Crippen molar-refractivity contribution in [1.29, 1.82) is 0 Å². The molecule has 2 aromatic carbocycles. The number of hydrogen-bond acceptors (Lipinski definition) is 6. The number of anilines is 1. The van der Waals surface area contributed by atoms with E-state index in [0.29, 0.717) is 23.2 Å². The van der Waals surface area contributed by atoms with Gasteiger partial charge < -0.3 is 14.6 Å². The molecule has 0 aliphatic heterocycles. The SMILES string of the molecule is CCn1c(SCC(=O)Nc2cccc(F)c2)nnc1-c1cn(C)nc1-c1cccc(OC)c1. The van der Waals surface area contributed by atoms with Gasteiger partial charge in [0, 0.05) is 31.0 Å². The van der Waals surface area contributed by atoms with Gasteiger partial charge in [0.1, 0.15) is 17.3 Å². The van der Waals surface area contributed by atoms with Crippen molar-refractivity contribution in [2.24, 2.45) is 7.05 Å². The minimum atomic E-state index is -0.404. The number of methoxy groups -OCH3 is 1. The minimum Gasteiger partial charge on any atom is -0.497 e. The number of aromatic nitrogens is 5. The van der Waals surface area contributed by atoms with E-state index in [0.717, 1.165) is 22.6 Å². The Bertz CT molecular complexity index is 1290. The summed E-state index contributed by atoms with van der Waals surface area (Å²) in [6.07, 6.45) is 1.90. The highest BCUT2D eigenvalue weighted by Gasteiger charge is 2.21. The zero-order valence-electron chi connectivity index (χ0n) is 18.4. The van der Waals surface area contributed by atoms with Crippen LogP contribution in [0.25, 0.3) is 22.6 Å². The average Bonchev–Trinajstić information content (AvgIpc) is 3.40. The van der Waals surface area contributed by atoms with Gasteiger partial charge in [0.25, 0.3) is 0 Å². The Morgan fingerprint density at radius 2 is 2.00 bits per heavy atom. The number of ether oxygens (including phenoxy) is 1. The van der Waals surface area contributed by atoms with Gasteiger partial charge in [-0.3, -0.25) is 9.48 Å². The molecule has 10 heteroatoms. The summed E-state index contributed by atoms with van der Waals surface area (Å²) < 4.78 is 22.4. The van der Waals surface area contributed by atoms with Gasteiger partial charge in [-0.1, -0.05) is 30.0 Å². The second-order valence-corrected chi connectivity index (χ2v) is 8.14. The van der Waals surface area contributed by atoms with E-state index in [1.54, 1.807) is 23.9 Å². The van der Waals surface area contributed by atoms with Crippen LogP contribution in [0.3, 0.4) is 0 Å². The topological polar surface area (TPSA) is 86.9 Å². The van der Waals surface area contributed by atoms with Crippen LogP contribution >= 0.6 is 11.8 Å². The normalized spacial score (nSPS) is 10.9. The van der Waals surface area contributed by atoms with Gasteiger partial charge in [-0.25, -0.2) is 4.39 Å². The second kappa shape index (κ2) is 9.86. The van der Waals surface area contributed by atoms with Crippen molar-refractivity contribution in [2.45, 2.75) is 18.6 Å². The van der Waals surface area contributed by atoms with Crippen LogP contribution in [0.4, 0.5) is 10.1 Å². The third kappa shape index (κ3) is 5.06. The van der Waals surface area contributed by atoms with Crippen molar-refractivity contribution >= 4 is 23.4 Å². The Morgan fingerprint density at radius 1 is 1.18 bits per heavy atom. The lowest BCUT2D eigenvalue weighted by Gasteiger charge is -2.08. The first kappa shape index (κ1) is 22.5. The summed E-state index contributed by atoms with van der Waals surface area (Å²) in [5.41, 5.74) is 2.91. The molecule has 0 bridgehead atoms. The predicted molar refractivity (Wildman–Crippen MR) is 126 cm³/mol. The number of carbonyl (C=O) groups excluding carboxylic acids is 1. The van der Waals surface area contributed by atoms with Crippen LogP contribution in [-0.4, -0.2) is 43.3 Å². The molecule has 0 saturated carbocycles. The minimum absolute atomic E-state index is 0.116. The lowest BCUT2D eigenvalue weighted by Crippen LogP contribution is -2.14. The number of nitrogens with one attached hydrogen (secondary N) is 1. The summed E-state index contributed by atoms with van der Waals surface area (Å²) in [5.74, 6) is 0.859. The quantitative estimate of drug-likeness (QED) is 0.391. The molecular weight excluding hydrogens is 443 g/mol. The molecule has 170 valence electrons. The smallest absolute Gasteiger partial charge is 0.234 e. The van der Waals surface area contributed by atoms with Gasteiger partial charge in [0.2, 0.25) is 5.91 Å². The zero-order valence-corrected chi connectivity index (χ0v) is 19.3. The molecule has 0 aliphatic carbocycles. The first-order valence-electron chi connectivity index (χ1n) is 10.3. The van der Waals surface area contributed by atoms with Crippen LogP contribution in [0.2, 0.25) is 0 Å². The molecule has 0 saturated heterocycles. The summed E-state index contributed by atoms with van der Waals surface area (Å²) in [6, 6.07) is 13.5. The van der Waals surface area contributed by atoms with E-state index in [-0.39, 0.29) is 11.7 Å². The maximum atomic E-state index is 13.3. The summed E-state index contributed by atoms with van der Waals surface area (Å²) in [4.78, 5) is 12.3. The Hall–Kier alpha value is -3.66. The molecule has 0 radical (unpaired) electrons. The third-order valence-corrected chi connectivity index (χ3v) is 5.85. The maximum absolute atomic E-state index is 13.3. The molecule has 0 aliphatic rings. The van der Waals surface area contributed by atoms with Crippen molar-refractivity contribution in [3.8, 4) is 28.4 Å². The monoisotopic (exact) mass is 466 g/mol. The number of benzene rings is 2. The van der Waals surface area contributed by atoms with E-state index in [1.165, 1.54) is 23.9 Å². The fourth-order valence-corrected chi connectivity index (χ4v) is 4.21. The van der Waals surface area contributed by atoms with Gasteiger partial charge >= 0.3 is 0 Å². The molecular formula is C23H23FN6O2S. The number of aryl methyl sites for hydroxylation is 1. The second-order valence-electron chi connectivity index (χ2n) is 7.19. The van der Waals surface area contributed by atoms with Gasteiger partial charge in [-0.05, 0) is 37.3 Å². The van der Waals surface area contributed by atoms with Gasteiger partial charge in [-0.15, -0.1) is 10.2 Å². The van der Waals surface area contributed by atoms with Crippen LogP contribution in [0, 0.1) is 5.82 Å². The fourth-order valence-electron chi connectivity index (χ4n) is 3.41. The van der Waals surface area contributed by atoms with Crippen LogP contribution in [0.15, 0.2) is 59.9 Å². The highest BCUT2D eigenvalue weighted by atomic mass is 32.2. The number of hydrogen-bond donors (Lipinski definition) is 1. The van der Waals surface area contributed by atoms with Crippen LogP contribution in [-0.2, 0) is 18.4 Å². The lowest BCUT2D eigenvalue weighted by molar-refractivity contribution is -0.113. The summed E-state index contributed by atoms with van der Waals surface area (Å²) >= 11 is 1.27. The number of thioether (sulfide) groups is 1. The maximum Gasteiger partial charge on any atom is 0.234 e. The Balaban J connectivity index is 1.56. The molecule has 8 nitrogen and oxygen atoms in total. The highest BCUT2D eigenvalue weighted by molar-refractivity contribution is 7.99. The van der Waals surface area contributed by atoms with E-state index in [9.17, 15) is 9.18 Å². The van der Waals surface area contributed by atoms with Crippen molar-refractivity contribution < 1.29 is 13.9 Å². The molecule has 4 rings (SSSR count). The largest absolute Gasteiger partial charge is 0.497 e. The first-order valence-corrected chi connectivity index (χ1v) is 11.3. The van der Waals surface area contributed by atoms with E-state index < -0.39 is 5.82 Å². The molecule has 33 heavy (non-hydrogen) atoms. The average molecular weight is 467 g/mol. The lowest BCUT2D eigenvalue weighted by atomic mass is 10.1. The summed E-state index contributed by atoms with van der Waals surface area (Å²) in [6.45, 7) is 2.61. The van der Waals surface area contributed by atoms with Gasteiger partial charge in [0.05, 0.1) is 18.4 Å². The molecule has 4 aromatic rings. The number of amides is 1. The fraction of sp³-hybridized carbons (Fsp3) is 0.217. The summed E-state index contributed by atoms with van der Waals surface area (Å²) in [5, 5.41) is 16.6. The van der Waals surface area contributed by atoms with E-state index >= 15 is 0 Å². The van der Waals surface area contributed by atoms with Crippen molar-refractivity contribution in [2.75, 3.05) is 18.2 Å². The number of carbonyl (C=O) groups is 1. The van der Waals surface area contributed by atoms with E-state index in [4.69, 9.17) is 4.74 Å². The van der Waals surface area contributed by atoms with E-state index in [1.807, 2.05) is 49.0 Å². The van der Waals surface area contributed by atoms with Gasteiger partial charge in [0.15, 0.2) is 11.0 Å². The summed E-state index contributed by atoms with van der Waals surface area (Å²) in [7, 11) is 3.48. The Morgan fingerprint density at radius 3 is 2.76 bits per heavy atom. The zero-order chi connectivity index (χ0) is 23.4.